The first-order valence-corrected chi connectivity index (χ1v) is 6.57. The standard InChI is InChI=1S/C12H21N5O/c1-2-5-9-14-10(13)16-11(15-9)17-12(8-18)6-3-4-7-12/h18H,2-8H2,1H3,(H3,13,14,15,16,17). The van der Waals surface area contributed by atoms with E-state index in [1.54, 1.807) is 0 Å². The van der Waals surface area contributed by atoms with Crippen LogP contribution < -0.4 is 11.1 Å². The second-order valence-corrected chi connectivity index (χ2v) is 4.95. The van der Waals surface area contributed by atoms with Gasteiger partial charge in [-0.1, -0.05) is 19.8 Å². The Morgan fingerprint density at radius 1 is 1.28 bits per heavy atom. The SMILES string of the molecule is CCCc1nc(N)nc(NC2(CO)CCCC2)n1. The minimum absolute atomic E-state index is 0.0989. The Morgan fingerprint density at radius 2 is 2.00 bits per heavy atom. The van der Waals surface area contributed by atoms with Gasteiger partial charge in [0.25, 0.3) is 0 Å². The summed E-state index contributed by atoms with van der Waals surface area (Å²) in [6.45, 7) is 2.17. The number of aliphatic hydroxyl groups is 1. The zero-order chi connectivity index (χ0) is 13.0. The largest absolute Gasteiger partial charge is 0.394 e. The van der Waals surface area contributed by atoms with Crippen LogP contribution in [0.4, 0.5) is 11.9 Å². The Balaban J connectivity index is 2.17. The van der Waals surface area contributed by atoms with E-state index in [9.17, 15) is 5.11 Å². The highest BCUT2D eigenvalue weighted by Crippen LogP contribution is 2.31. The second kappa shape index (κ2) is 5.48. The Bertz CT molecular complexity index is 403. The van der Waals surface area contributed by atoms with E-state index in [1.807, 2.05) is 0 Å². The van der Waals surface area contributed by atoms with Crippen molar-refractivity contribution in [1.82, 2.24) is 15.0 Å². The summed E-state index contributed by atoms with van der Waals surface area (Å²) in [5, 5.41) is 12.8. The van der Waals surface area contributed by atoms with Crippen LogP contribution in [0, 0.1) is 0 Å². The molecule has 100 valence electrons. The van der Waals surface area contributed by atoms with Gasteiger partial charge in [-0.2, -0.15) is 15.0 Å². The number of rotatable bonds is 5. The molecule has 0 spiro atoms. The molecule has 0 saturated heterocycles. The summed E-state index contributed by atoms with van der Waals surface area (Å²) in [7, 11) is 0. The summed E-state index contributed by atoms with van der Waals surface area (Å²) in [5.74, 6) is 1.43. The zero-order valence-corrected chi connectivity index (χ0v) is 10.8. The monoisotopic (exact) mass is 251 g/mol. The second-order valence-electron chi connectivity index (χ2n) is 4.95. The fraction of sp³-hybridized carbons (Fsp3) is 0.750. The third-order valence-electron chi connectivity index (χ3n) is 3.41. The lowest BCUT2D eigenvalue weighted by molar-refractivity contribution is 0.213. The highest BCUT2D eigenvalue weighted by molar-refractivity contribution is 5.35. The molecule has 18 heavy (non-hydrogen) atoms. The van der Waals surface area contributed by atoms with Gasteiger partial charge in [0, 0.05) is 6.42 Å². The van der Waals surface area contributed by atoms with Crippen LogP contribution in [0.1, 0.15) is 44.9 Å². The first-order valence-electron chi connectivity index (χ1n) is 6.57. The molecule has 1 saturated carbocycles. The summed E-state index contributed by atoms with van der Waals surface area (Å²) in [6, 6.07) is 0. The van der Waals surface area contributed by atoms with Crippen LogP contribution in [0.5, 0.6) is 0 Å². The van der Waals surface area contributed by atoms with Crippen LogP contribution in [0.3, 0.4) is 0 Å². The molecule has 0 unspecified atom stereocenters. The molecular weight excluding hydrogens is 230 g/mol. The molecule has 1 aromatic rings. The number of aromatic nitrogens is 3. The Kier molecular flexibility index (Phi) is 3.96. The molecule has 0 bridgehead atoms. The lowest BCUT2D eigenvalue weighted by atomic mass is 9.99. The number of nitrogens with zero attached hydrogens (tertiary/aromatic N) is 3. The van der Waals surface area contributed by atoms with Gasteiger partial charge in [-0.05, 0) is 19.3 Å². The van der Waals surface area contributed by atoms with Crippen molar-refractivity contribution in [1.29, 1.82) is 0 Å². The van der Waals surface area contributed by atoms with Crippen molar-refractivity contribution in [3.8, 4) is 0 Å². The number of aliphatic hydroxyl groups excluding tert-OH is 1. The molecule has 0 radical (unpaired) electrons. The minimum atomic E-state index is -0.280. The fourth-order valence-corrected chi connectivity index (χ4v) is 2.44. The molecule has 0 atom stereocenters. The predicted octanol–water partition coefficient (Wildman–Crippen LogP) is 1.12. The van der Waals surface area contributed by atoms with Crippen molar-refractivity contribution in [3.63, 3.8) is 0 Å². The van der Waals surface area contributed by atoms with Crippen LogP contribution in [-0.4, -0.2) is 32.2 Å². The van der Waals surface area contributed by atoms with Gasteiger partial charge in [-0.15, -0.1) is 0 Å². The Morgan fingerprint density at radius 3 is 2.61 bits per heavy atom. The molecule has 0 amide bonds. The minimum Gasteiger partial charge on any atom is -0.394 e. The number of hydrogen-bond donors (Lipinski definition) is 3. The molecule has 0 aliphatic heterocycles. The normalized spacial score (nSPS) is 17.9. The molecule has 0 aromatic carbocycles. The number of nitrogen functional groups attached to an aromatic ring is 1. The predicted molar refractivity (Wildman–Crippen MR) is 70.1 cm³/mol. The van der Waals surface area contributed by atoms with Crippen molar-refractivity contribution in [2.45, 2.75) is 51.0 Å². The van der Waals surface area contributed by atoms with Gasteiger partial charge < -0.3 is 16.2 Å². The van der Waals surface area contributed by atoms with E-state index in [-0.39, 0.29) is 18.1 Å². The lowest BCUT2D eigenvalue weighted by Crippen LogP contribution is -2.39. The highest BCUT2D eigenvalue weighted by atomic mass is 16.3. The van der Waals surface area contributed by atoms with Crippen LogP contribution in [0.15, 0.2) is 0 Å². The summed E-state index contributed by atoms with van der Waals surface area (Å²) in [6.07, 6.45) is 5.88. The first-order chi connectivity index (χ1) is 8.67. The number of hydrogen-bond acceptors (Lipinski definition) is 6. The van der Waals surface area contributed by atoms with E-state index in [4.69, 9.17) is 5.73 Å². The molecule has 6 heteroatoms. The number of anilines is 2. The van der Waals surface area contributed by atoms with Gasteiger partial charge in [-0.25, -0.2) is 0 Å². The van der Waals surface area contributed by atoms with E-state index >= 15 is 0 Å². The fourth-order valence-electron chi connectivity index (χ4n) is 2.44. The number of nitrogens with two attached hydrogens (primary N) is 1. The smallest absolute Gasteiger partial charge is 0.228 e. The molecule has 1 aliphatic carbocycles. The third-order valence-corrected chi connectivity index (χ3v) is 3.41. The van der Waals surface area contributed by atoms with Gasteiger partial charge >= 0.3 is 0 Å². The van der Waals surface area contributed by atoms with Crippen LogP contribution in [0.25, 0.3) is 0 Å². The molecule has 1 aliphatic rings. The maximum absolute atomic E-state index is 9.55. The van der Waals surface area contributed by atoms with Crippen LogP contribution in [0.2, 0.25) is 0 Å². The molecule has 2 rings (SSSR count). The van der Waals surface area contributed by atoms with Gasteiger partial charge in [0.1, 0.15) is 5.82 Å². The van der Waals surface area contributed by atoms with Crippen molar-refractivity contribution in [2.75, 3.05) is 17.7 Å². The van der Waals surface area contributed by atoms with E-state index < -0.39 is 0 Å². The van der Waals surface area contributed by atoms with E-state index in [0.29, 0.717) is 11.8 Å². The molecular formula is C12H21N5O. The van der Waals surface area contributed by atoms with Crippen molar-refractivity contribution < 1.29 is 5.11 Å². The molecule has 1 aromatic heterocycles. The van der Waals surface area contributed by atoms with Gasteiger partial charge in [0.15, 0.2) is 0 Å². The Labute approximate surface area is 107 Å². The van der Waals surface area contributed by atoms with Gasteiger partial charge in [0.2, 0.25) is 11.9 Å². The lowest BCUT2D eigenvalue weighted by Gasteiger charge is -2.27. The van der Waals surface area contributed by atoms with Crippen molar-refractivity contribution in [2.24, 2.45) is 0 Å². The van der Waals surface area contributed by atoms with Crippen molar-refractivity contribution >= 4 is 11.9 Å². The van der Waals surface area contributed by atoms with Crippen molar-refractivity contribution in [3.05, 3.63) is 5.82 Å². The maximum Gasteiger partial charge on any atom is 0.228 e. The van der Waals surface area contributed by atoms with Gasteiger partial charge in [-0.3, -0.25) is 0 Å². The molecule has 6 nitrogen and oxygen atoms in total. The average Bonchev–Trinajstić information content (AvgIpc) is 2.78. The molecule has 1 heterocycles. The topological polar surface area (TPSA) is 97.0 Å². The molecule has 4 N–H and O–H groups in total. The molecule has 1 fully saturated rings. The zero-order valence-electron chi connectivity index (χ0n) is 10.8. The average molecular weight is 251 g/mol. The first kappa shape index (κ1) is 13.0. The summed E-state index contributed by atoms with van der Waals surface area (Å²) < 4.78 is 0. The Hall–Kier alpha value is -1.43. The van der Waals surface area contributed by atoms with Crippen LogP contribution in [-0.2, 0) is 6.42 Å². The summed E-state index contributed by atoms with van der Waals surface area (Å²) in [5.41, 5.74) is 5.40. The number of nitrogens with one attached hydrogen (secondary N) is 1. The summed E-state index contributed by atoms with van der Waals surface area (Å²) in [4.78, 5) is 12.6. The third kappa shape index (κ3) is 2.87. The van der Waals surface area contributed by atoms with E-state index in [2.05, 4.69) is 27.2 Å². The quantitative estimate of drug-likeness (QED) is 0.725. The highest BCUT2D eigenvalue weighted by Gasteiger charge is 2.33. The van der Waals surface area contributed by atoms with E-state index in [1.165, 1.54) is 0 Å². The summed E-state index contributed by atoms with van der Waals surface area (Å²) >= 11 is 0. The van der Waals surface area contributed by atoms with Gasteiger partial charge in [0.05, 0.1) is 12.1 Å². The van der Waals surface area contributed by atoms with E-state index in [0.717, 1.165) is 38.5 Å². The number of aryl methyl sites for hydroxylation is 1. The van der Waals surface area contributed by atoms with Crippen LogP contribution >= 0.6 is 0 Å². The maximum atomic E-state index is 9.55.